The van der Waals surface area contributed by atoms with Crippen LogP contribution in [0, 0.1) is 0 Å². The molecule has 1 amide bonds. The van der Waals surface area contributed by atoms with Crippen molar-refractivity contribution in [2.75, 3.05) is 26.2 Å². The second kappa shape index (κ2) is 4.40. The molecule has 0 unspecified atom stereocenters. The molecule has 0 aliphatic carbocycles. The summed E-state index contributed by atoms with van der Waals surface area (Å²) in [6.07, 6.45) is 1.63. The number of imidazole rings is 1. The second-order valence-electron chi connectivity index (χ2n) is 4.46. The molecule has 1 aliphatic rings. The van der Waals surface area contributed by atoms with E-state index >= 15 is 0 Å². The molecule has 3 rings (SSSR count). The molecule has 0 saturated carbocycles. The van der Waals surface area contributed by atoms with Crippen molar-refractivity contribution < 1.29 is 4.79 Å². The van der Waals surface area contributed by atoms with E-state index in [9.17, 15) is 4.79 Å². The third kappa shape index (κ3) is 1.96. The molecule has 1 aliphatic heterocycles. The Morgan fingerprint density at radius 3 is 2.83 bits per heavy atom. The van der Waals surface area contributed by atoms with Gasteiger partial charge in [0.2, 0.25) is 0 Å². The topological polar surface area (TPSA) is 78.2 Å². The van der Waals surface area contributed by atoms with E-state index in [0.29, 0.717) is 18.7 Å². The standard InChI is InChI=1S/C12H15N5O/c13-17-5-3-16(4-6-17)12(18)9-1-2-10-11(7-9)15-8-14-10/h1-2,7-8H,3-6,13H2,(H,14,15). The first-order chi connectivity index (χ1) is 8.74. The third-order valence-electron chi connectivity index (χ3n) is 3.27. The number of hydrogen-bond donors (Lipinski definition) is 2. The van der Waals surface area contributed by atoms with Gasteiger partial charge in [0.15, 0.2) is 0 Å². The Hall–Kier alpha value is -1.92. The van der Waals surface area contributed by atoms with Crippen molar-refractivity contribution in [3.63, 3.8) is 0 Å². The van der Waals surface area contributed by atoms with Crippen molar-refractivity contribution in [1.82, 2.24) is 19.9 Å². The number of aromatic nitrogens is 2. The zero-order valence-electron chi connectivity index (χ0n) is 9.97. The molecule has 1 fully saturated rings. The van der Waals surface area contributed by atoms with Gasteiger partial charge in [-0.1, -0.05) is 0 Å². The van der Waals surface area contributed by atoms with E-state index in [-0.39, 0.29) is 5.91 Å². The molecule has 0 atom stereocenters. The minimum Gasteiger partial charge on any atom is -0.345 e. The van der Waals surface area contributed by atoms with E-state index in [0.717, 1.165) is 24.1 Å². The number of nitrogens with two attached hydrogens (primary N) is 1. The number of fused-ring (bicyclic) bond motifs is 1. The Morgan fingerprint density at radius 2 is 2.06 bits per heavy atom. The van der Waals surface area contributed by atoms with Crippen LogP contribution in [0.5, 0.6) is 0 Å². The summed E-state index contributed by atoms with van der Waals surface area (Å²) in [6, 6.07) is 5.53. The van der Waals surface area contributed by atoms with Crippen molar-refractivity contribution in [3.05, 3.63) is 30.1 Å². The maximum absolute atomic E-state index is 12.3. The van der Waals surface area contributed by atoms with E-state index in [1.807, 2.05) is 23.1 Å². The normalized spacial score (nSPS) is 17.3. The molecule has 18 heavy (non-hydrogen) atoms. The van der Waals surface area contributed by atoms with Gasteiger partial charge < -0.3 is 9.88 Å². The minimum atomic E-state index is 0.0552. The lowest BCUT2D eigenvalue weighted by Crippen LogP contribution is -2.51. The lowest BCUT2D eigenvalue weighted by Gasteiger charge is -2.32. The highest BCUT2D eigenvalue weighted by Crippen LogP contribution is 2.14. The van der Waals surface area contributed by atoms with Gasteiger partial charge in [-0.05, 0) is 18.2 Å². The fourth-order valence-electron chi connectivity index (χ4n) is 2.18. The molecule has 1 aromatic carbocycles. The number of rotatable bonds is 1. The van der Waals surface area contributed by atoms with Crippen molar-refractivity contribution >= 4 is 16.9 Å². The zero-order chi connectivity index (χ0) is 12.5. The van der Waals surface area contributed by atoms with Crippen LogP contribution in [0.25, 0.3) is 11.0 Å². The highest BCUT2D eigenvalue weighted by Gasteiger charge is 2.20. The van der Waals surface area contributed by atoms with Gasteiger partial charge in [0, 0.05) is 31.7 Å². The SMILES string of the molecule is NN1CCN(C(=O)c2ccc3nc[nH]c3c2)CC1. The number of hydrogen-bond acceptors (Lipinski definition) is 4. The molecular weight excluding hydrogens is 230 g/mol. The van der Waals surface area contributed by atoms with E-state index in [2.05, 4.69) is 9.97 Å². The molecule has 6 nitrogen and oxygen atoms in total. The summed E-state index contributed by atoms with van der Waals surface area (Å²) >= 11 is 0. The lowest BCUT2D eigenvalue weighted by molar-refractivity contribution is 0.0638. The van der Waals surface area contributed by atoms with Crippen LogP contribution in [0.1, 0.15) is 10.4 Å². The monoisotopic (exact) mass is 245 g/mol. The van der Waals surface area contributed by atoms with Crippen LogP contribution in [0.3, 0.4) is 0 Å². The molecule has 2 heterocycles. The van der Waals surface area contributed by atoms with Gasteiger partial charge in [0.1, 0.15) is 0 Å². The number of aromatic amines is 1. The van der Waals surface area contributed by atoms with Crippen LogP contribution in [-0.2, 0) is 0 Å². The maximum atomic E-state index is 12.3. The second-order valence-corrected chi connectivity index (χ2v) is 4.46. The maximum Gasteiger partial charge on any atom is 0.254 e. The average Bonchev–Trinajstić information content (AvgIpc) is 2.86. The van der Waals surface area contributed by atoms with E-state index in [1.54, 1.807) is 11.3 Å². The largest absolute Gasteiger partial charge is 0.345 e. The highest BCUT2D eigenvalue weighted by atomic mass is 16.2. The zero-order valence-corrected chi connectivity index (χ0v) is 9.97. The Kier molecular flexibility index (Phi) is 2.73. The molecule has 1 aromatic heterocycles. The fraction of sp³-hybridized carbons (Fsp3) is 0.333. The number of carbonyl (C=O) groups is 1. The van der Waals surface area contributed by atoms with Crippen LogP contribution in [0.15, 0.2) is 24.5 Å². The average molecular weight is 245 g/mol. The van der Waals surface area contributed by atoms with E-state index < -0.39 is 0 Å². The summed E-state index contributed by atoms with van der Waals surface area (Å²) in [4.78, 5) is 21.3. The van der Waals surface area contributed by atoms with Crippen molar-refractivity contribution in [1.29, 1.82) is 0 Å². The van der Waals surface area contributed by atoms with Gasteiger partial charge in [-0.25, -0.2) is 9.99 Å². The summed E-state index contributed by atoms with van der Waals surface area (Å²) in [5.41, 5.74) is 2.45. The van der Waals surface area contributed by atoms with Crippen LogP contribution in [0.4, 0.5) is 0 Å². The number of nitrogens with one attached hydrogen (secondary N) is 1. The molecule has 0 spiro atoms. The van der Waals surface area contributed by atoms with Crippen LogP contribution < -0.4 is 5.84 Å². The molecule has 94 valence electrons. The molecule has 3 N–H and O–H groups in total. The third-order valence-corrected chi connectivity index (χ3v) is 3.27. The van der Waals surface area contributed by atoms with Crippen LogP contribution in [0.2, 0.25) is 0 Å². The number of carbonyl (C=O) groups excluding carboxylic acids is 1. The summed E-state index contributed by atoms with van der Waals surface area (Å²) in [6.45, 7) is 2.79. The molecule has 6 heteroatoms. The first-order valence-electron chi connectivity index (χ1n) is 5.96. The Morgan fingerprint density at radius 1 is 1.28 bits per heavy atom. The van der Waals surface area contributed by atoms with Gasteiger partial charge in [-0.2, -0.15) is 0 Å². The molecule has 2 aromatic rings. The Bertz CT molecular complexity index is 571. The van der Waals surface area contributed by atoms with Gasteiger partial charge in [0.05, 0.1) is 17.4 Å². The predicted octanol–water partition coefficient (Wildman–Crippen LogP) is 0.194. The summed E-state index contributed by atoms with van der Waals surface area (Å²) in [7, 11) is 0. The number of nitrogens with zero attached hydrogens (tertiary/aromatic N) is 3. The van der Waals surface area contributed by atoms with Gasteiger partial charge in [-0.3, -0.25) is 10.6 Å². The van der Waals surface area contributed by atoms with Crippen molar-refractivity contribution in [3.8, 4) is 0 Å². The summed E-state index contributed by atoms with van der Waals surface area (Å²) < 4.78 is 0. The van der Waals surface area contributed by atoms with Crippen molar-refractivity contribution in [2.24, 2.45) is 5.84 Å². The molecule has 0 radical (unpaired) electrons. The highest BCUT2D eigenvalue weighted by molar-refractivity contribution is 5.97. The molecule has 1 saturated heterocycles. The number of hydrazine groups is 1. The molecular formula is C12H15N5O. The van der Waals surface area contributed by atoms with Crippen molar-refractivity contribution in [2.45, 2.75) is 0 Å². The number of benzene rings is 1. The smallest absolute Gasteiger partial charge is 0.254 e. The van der Waals surface area contributed by atoms with Crippen LogP contribution in [-0.4, -0.2) is 52.0 Å². The Balaban J connectivity index is 1.82. The number of piperazine rings is 1. The predicted molar refractivity (Wildman–Crippen MR) is 67.8 cm³/mol. The van der Waals surface area contributed by atoms with Gasteiger partial charge in [-0.15, -0.1) is 0 Å². The van der Waals surface area contributed by atoms with E-state index in [4.69, 9.17) is 5.84 Å². The summed E-state index contributed by atoms with van der Waals surface area (Å²) in [5, 5.41) is 1.74. The quantitative estimate of drug-likeness (QED) is 0.703. The van der Waals surface area contributed by atoms with Crippen LogP contribution >= 0.6 is 0 Å². The van der Waals surface area contributed by atoms with Gasteiger partial charge in [0.25, 0.3) is 5.91 Å². The first kappa shape index (κ1) is 11.2. The fourth-order valence-corrected chi connectivity index (χ4v) is 2.18. The van der Waals surface area contributed by atoms with E-state index in [1.165, 1.54) is 0 Å². The first-order valence-corrected chi connectivity index (χ1v) is 5.96. The van der Waals surface area contributed by atoms with Gasteiger partial charge >= 0.3 is 0 Å². The summed E-state index contributed by atoms with van der Waals surface area (Å²) in [5.74, 6) is 5.73. The number of H-pyrrole nitrogens is 1. The Labute approximate surface area is 104 Å². The number of amides is 1. The minimum absolute atomic E-state index is 0.0552. The molecule has 0 bridgehead atoms. The lowest BCUT2D eigenvalue weighted by atomic mass is 10.1.